The van der Waals surface area contributed by atoms with Gasteiger partial charge in [0.15, 0.2) is 0 Å². The van der Waals surface area contributed by atoms with Gasteiger partial charge in [0.05, 0.1) is 23.9 Å². The molecule has 6 nitrogen and oxygen atoms in total. The number of carbonyl (C=O) groups excluding carboxylic acids is 1. The van der Waals surface area contributed by atoms with Gasteiger partial charge in [-0.15, -0.1) is 0 Å². The van der Waals surface area contributed by atoms with Crippen molar-refractivity contribution in [1.82, 2.24) is 10.2 Å². The molecule has 0 unspecified atom stereocenters. The highest BCUT2D eigenvalue weighted by atomic mass is 16.2. The van der Waals surface area contributed by atoms with Gasteiger partial charge in [-0.1, -0.05) is 24.3 Å². The second-order valence-corrected chi connectivity index (χ2v) is 6.63. The zero-order chi connectivity index (χ0) is 20.1. The summed E-state index contributed by atoms with van der Waals surface area (Å²) in [5.74, 6) is 0.443. The van der Waals surface area contributed by atoms with E-state index >= 15 is 0 Å². The van der Waals surface area contributed by atoms with Crippen LogP contribution in [0.15, 0.2) is 64.8 Å². The van der Waals surface area contributed by atoms with Gasteiger partial charge in [-0.3, -0.25) is 4.79 Å². The fourth-order valence-electron chi connectivity index (χ4n) is 3.25. The first-order valence-corrected chi connectivity index (χ1v) is 9.12. The molecule has 2 aromatic rings. The maximum absolute atomic E-state index is 11.7. The minimum absolute atomic E-state index is 0.0319. The highest BCUT2D eigenvalue weighted by Gasteiger charge is 2.22. The monoisotopic (exact) mass is 373 g/mol. The lowest BCUT2D eigenvalue weighted by atomic mass is 10.0. The standard InChI is InChI=1S/C22H23N5O/c1-15(28)27-11-10-21(25-2)20(14-27)22(24)26-19-8-6-17(7-9-19)18-5-3-4-16(12-18)13-23/h3-9,12,25H,10-11,14H2,1-2H3,(H2,24,26). The highest BCUT2D eigenvalue weighted by Crippen LogP contribution is 2.24. The zero-order valence-electron chi connectivity index (χ0n) is 16.1. The van der Waals surface area contributed by atoms with E-state index in [1.54, 1.807) is 17.9 Å². The van der Waals surface area contributed by atoms with E-state index in [9.17, 15) is 4.79 Å². The number of benzene rings is 2. The van der Waals surface area contributed by atoms with Gasteiger partial charge in [0.2, 0.25) is 5.91 Å². The zero-order valence-corrected chi connectivity index (χ0v) is 16.1. The number of amidine groups is 1. The molecule has 0 fully saturated rings. The summed E-state index contributed by atoms with van der Waals surface area (Å²) < 4.78 is 0. The molecule has 3 N–H and O–H groups in total. The molecule has 1 heterocycles. The third-order valence-electron chi connectivity index (χ3n) is 4.84. The van der Waals surface area contributed by atoms with Crippen LogP contribution in [0.2, 0.25) is 0 Å². The number of carbonyl (C=O) groups is 1. The van der Waals surface area contributed by atoms with Crippen LogP contribution in [0.3, 0.4) is 0 Å². The Morgan fingerprint density at radius 1 is 1.21 bits per heavy atom. The number of hydrogen-bond acceptors (Lipinski definition) is 4. The van der Waals surface area contributed by atoms with Gasteiger partial charge in [0, 0.05) is 38.2 Å². The predicted molar refractivity (Wildman–Crippen MR) is 111 cm³/mol. The van der Waals surface area contributed by atoms with Gasteiger partial charge in [0.25, 0.3) is 0 Å². The van der Waals surface area contributed by atoms with Crippen molar-refractivity contribution in [3.63, 3.8) is 0 Å². The van der Waals surface area contributed by atoms with Crippen molar-refractivity contribution in [1.29, 1.82) is 5.26 Å². The normalized spacial score (nSPS) is 14.6. The summed E-state index contributed by atoms with van der Waals surface area (Å²) in [6.45, 7) is 2.70. The molecule has 3 rings (SSSR count). The molecule has 142 valence electrons. The average Bonchev–Trinajstić information content (AvgIpc) is 2.73. The highest BCUT2D eigenvalue weighted by molar-refractivity contribution is 6.00. The Hall–Kier alpha value is -3.59. The minimum atomic E-state index is 0.0319. The number of nitrogens with zero attached hydrogens (tertiary/aromatic N) is 3. The van der Waals surface area contributed by atoms with Crippen LogP contribution in [-0.4, -0.2) is 36.8 Å². The largest absolute Gasteiger partial charge is 0.391 e. The molecule has 0 saturated carbocycles. The number of hydrogen-bond donors (Lipinski definition) is 2. The molecule has 2 aromatic carbocycles. The van der Waals surface area contributed by atoms with E-state index in [0.717, 1.165) is 34.5 Å². The van der Waals surface area contributed by atoms with E-state index in [2.05, 4.69) is 16.4 Å². The molecular weight excluding hydrogens is 350 g/mol. The summed E-state index contributed by atoms with van der Waals surface area (Å²) in [5.41, 5.74) is 11.5. The van der Waals surface area contributed by atoms with E-state index in [4.69, 9.17) is 11.0 Å². The minimum Gasteiger partial charge on any atom is -0.391 e. The predicted octanol–water partition coefficient (Wildman–Crippen LogP) is 2.94. The topological polar surface area (TPSA) is 94.5 Å². The summed E-state index contributed by atoms with van der Waals surface area (Å²) in [7, 11) is 1.86. The second-order valence-electron chi connectivity index (χ2n) is 6.63. The average molecular weight is 373 g/mol. The van der Waals surface area contributed by atoms with Crippen molar-refractivity contribution in [2.45, 2.75) is 13.3 Å². The van der Waals surface area contributed by atoms with E-state index < -0.39 is 0 Å². The van der Waals surface area contributed by atoms with Crippen LogP contribution >= 0.6 is 0 Å². The first-order chi connectivity index (χ1) is 13.5. The Morgan fingerprint density at radius 3 is 2.61 bits per heavy atom. The van der Waals surface area contributed by atoms with Gasteiger partial charge >= 0.3 is 0 Å². The maximum atomic E-state index is 11.7. The van der Waals surface area contributed by atoms with Gasteiger partial charge in [-0.2, -0.15) is 5.26 Å². The molecule has 6 heteroatoms. The molecule has 1 amide bonds. The molecule has 0 atom stereocenters. The maximum Gasteiger partial charge on any atom is 0.219 e. The van der Waals surface area contributed by atoms with Gasteiger partial charge in [0.1, 0.15) is 5.84 Å². The quantitative estimate of drug-likeness (QED) is 0.636. The van der Waals surface area contributed by atoms with Crippen molar-refractivity contribution in [2.24, 2.45) is 10.7 Å². The number of nitrogens with two attached hydrogens (primary N) is 1. The summed E-state index contributed by atoms with van der Waals surface area (Å²) >= 11 is 0. The smallest absolute Gasteiger partial charge is 0.219 e. The summed E-state index contributed by atoms with van der Waals surface area (Å²) in [5, 5.41) is 12.2. The van der Waals surface area contributed by atoms with Gasteiger partial charge < -0.3 is 16.0 Å². The van der Waals surface area contributed by atoms with E-state index in [0.29, 0.717) is 24.5 Å². The van der Waals surface area contributed by atoms with Crippen molar-refractivity contribution in [3.8, 4) is 17.2 Å². The molecule has 0 aromatic heterocycles. The van der Waals surface area contributed by atoms with E-state index in [1.165, 1.54) is 0 Å². The Morgan fingerprint density at radius 2 is 1.96 bits per heavy atom. The van der Waals surface area contributed by atoms with Crippen LogP contribution in [0.4, 0.5) is 5.69 Å². The molecule has 1 aliphatic rings. The molecule has 28 heavy (non-hydrogen) atoms. The van der Waals surface area contributed by atoms with Crippen LogP contribution in [0.5, 0.6) is 0 Å². The molecule has 0 spiro atoms. The van der Waals surface area contributed by atoms with Gasteiger partial charge in [-0.05, 0) is 35.4 Å². The molecular formula is C22H23N5O. The van der Waals surface area contributed by atoms with Crippen LogP contribution in [0, 0.1) is 11.3 Å². The molecule has 1 aliphatic heterocycles. The van der Waals surface area contributed by atoms with E-state index in [-0.39, 0.29) is 5.91 Å². The first kappa shape index (κ1) is 19.2. The third-order valence-corrected chi connectivity index (χ3v) is 4.84. The Balaban J connectivity index is 1.85. The lowest BCUT2D eigenvalue weighted by Crippen LogP contribution is -2.40. The number of nitriles is 1. The summed E-state index contributed by atoms with van der Waals surface area (Å²) in [6, 6.07) is 17.3. The fraction of sp³-hybridized carbons (Fsp3) is 0.227. The van der Waals surface area contributed by atoms with Crippen LogP contribution in [0.25, 0.3) is 11.1 Å². The van der Waals surface area contributed by atoms with Crippen molar-refractivity contribution < 1.29 is 4.79 Å². The van der Waals surface area contributed by atoms with Gasteiger partial charge in [-0.25, -0.2) is 4.99 Å². The Labute approximate surface area is 165 Å². The lowest BCUT2D eigenvalue weighted by molar-refractivity contribution is -0.128. The SMILES string of the molecule is CNC1=C(C(N)=Nc2ccc(-c3cccc(C#N)c3)cc2)CN(C(C)=O)CC1. The first-order valence-electron chi connectivity index (χ1n) is 9.12. The fourth-order valence-corrected chi connectivity index (χ4v) is 3.25. The number of nitrogens with one attached hydrogen (secondary N) is 1. The number of rotatable bonds is 4. The van der Waals surface area contributed by atoms with Crippen molar-refractivity contribution in [3.05, 3.63) is 65.4 Å². The van der Waals surface area contributed by atoms with E-state index in [1.807, 2.05) is 49.5 Å². The van der Waals surface area contributed by atoms with Crippen LogP contribution < -0.4 is 11.1 Å². The Bertz CT molecular complexity index is 983. The molecule has 0 bridgehead atoms. The van der Waals surface area contributed by atoms with Crippen molar-refractivity contribution >= 4 is 17.4 Å². The number of aliphatic imine (C=N–C) groups is 1. The lowest BCUT2D eigenvalue weighted by Gasteiger charge is -2.29. The number of amides is 1. The molecule has 0 radical (unpaired) electrons. The van der Waals surface area contributed by atoms with Crippen molar-refractivity contribution in [2.75, 3.05) is 20.1 Å². The third kappa shape index (κ3) is 4.21. The van der Waals surface area contributed by atoms with Crippen LogP contribution in [0.1, 0.15) is 18.9 Å². The Kier molecular flexibility index (Phi) is 5.75. The summed E-state index contributed by atoms with van der Waals surface area (Å²) in [6.07, 6.45) is 0.732. The second kappa shape index (κ2) is 8.40. The molecule has 0 aliphatic carbocycles. The summed E-state index contributed by atoms with van der Waals surface area (Å²) in [4.78, 5) is 18.0. The molecule has 0 saturated heterocycles. The van der Waals surface area contributed by atoms with Crippen LogP contribution in [-0.2, 0) is 4.79 Å².